The summed E-state index contributed by atoms with van der Waals surface area (Å²) in [5.41, 5.74) is 11.1. The highest BCUT2D eigenvalue weighted by Gasteiger charge is 2.12. The Bertz CT molecular complexity index is 1200. The maximum Gasteiger partial charge on any atom is 0.124 e. The zero-order valence-corrected chi connectivity index (χ0v) is 15.2. The van der Waals surface area contributed by atoms with Crippen molar-refractivity contribution in [1.82, 2.24) is 15.0 Å². The Hall–Kier alpha value is -3.71. The lowest BCUT2D eigenvalue weighted by atomic mass is 10.0. The van der Waals surface area contributed by atoms with Crippen LogP contribution in [0.2, 0.25) is 0 Å². The number of nitrogens with zero attached hydrogens (tertiary/aromatic N) is 3. The summed E-state index contributed by atoms with van der Waals surface area (Å²) >= 11 is 0. The molecule has 2 aromatic carbocycles. The summed E-state index contributed by atoms with van der Waals surface area (Å²) in [7, 11) is 0. The van der Waals surface area contributed by atoms with Crippen LogP contribution in [0, 0.1) is 25.7 Å². The zero-order chi connectivity index (χ0) is 18.8. The molecule has 130 valence electrons. The van der Waals surface area contributed by atoms with Gasteiger partial charge < -0.3 is 5.73 Å². The second-order valence-corrected chi connectivity index (χ2v) is 6.36. The predicted octanol–water partition coefficient (Wildman–Crippen LogP) is 4.29. The summed E-state index contributed by atoms with van der Waals surface area (Å²) in [5.74, 6) is 6.85. The van der Waals surface area contributed by atoms with Gasteiger partial charge in [0, 0.05) is 28.1 Å². The average Bonchev–Trinajstić information content (AvgIpc) is 2.67. The van der Waals surface area contributed by atoms with Crippen molar-refractivity contribution in [2.45, 2.75) is 13.8 Å². The van der Waals surface area contributed by atoms with Gasteiger partial charge in [-0.05, 0) is 54.8 Å². The van der Waals surface area contributed by atoms with E-state index in [9.17, 15) is 0 Å². The summed E-state index contributed by atoms with van der Waals surface area (Å²) in [4.78, 5) is 13.1. The first-order valence-electron chi connectivity index (χ1n) is 8.68. The molecule has 0 fully saturated rings. The first-order valence-corrected chi connectivity index (χ1v) is 8.68. The van der Waals surface area contributed by atoms with Crippen LogP contribution in [0.5, 0.6) is 0 Å². The first kappa shape index (κ1) is 16.7. The van der Waals surface area contributed by atoms with E-state index in [4.69, 9.17) is 5.73 Å². The fourth-order valence-corrected chi connectivity index (χ4v) is 3.15. The molecule has 0 aliphatic carbocycles. The van der Waals surface area contributed by atoms with Crippen LogP contribution < -0.4 is 5.73 Å². The number of hydrogen-bond acceptors (Lipinski definition) is 4. The second kappa shape index (κ2) is 6.89. The van der Waals surface area contributed by atoms with Gasteiger partial charge in [-0.3, -0.25) is 0 Å². The zero-order valence-electron chi connectivity index (χ0n) is 15.2. The molecule has 2 N–H and O–H groups in total. The fourth-order valence-electron chi connectivity index (χ4n) is 3.15. The van der Waals surface area contributed by atoms with E-state index in [0.29, 0.717) is 11.5 Å². The third-order valence-corrected chi connectivity index (χ3v) is 4.49. The van der Waals surface area contributed by atoms with Crippen molar-refractivity contribution >= 4 is 16.6 Å². The highest BCUT2D eigenvalue weighted by Crippen LogP contribution is 2.27. The Balaban J connectivity index is 1.83. The van der Waals surface area contributed by atoms with Gasteiger partial charge in [0.25, 0.3) is 0 Å². The van der Waals surface area contributed by atoms with E-state index < -0.39 is 0 Å². The molecule has 0 unspecified atom stereocenters. The molecule has 2 aromatic heterocycles. The average molecular weight is 350 g/mol. The highest BCUT2D eigenvalue weighted by molar-refractivity contribution is 5.84. The Labute approximate surface area is 158 Å². The van der Waals surface area contributed by atoms with Crippen LogP contribution >= 0.6 is 0 Å². The van der Waals surface area contributed by atoms with Gasteiger partial charge in [0.15, 0.2) is 0 Å². The number of aryl methyl sites for hydroxylation is 2. The molecule has 0 saturated heterocycles. The van der Waals surface area contributed by atoms with Crippen molar-refractivity contribution < 1.29 is 0 Å². The van der Waals surface area contributed by atoms with Crippen molar-refractivity contribution in [2.75, 3.05) is 5.73 Å². The molecule has 0 aliphatic rings. The van der Waals surface area contributed by atoms with Gasteiger partial charge in [-0.1, -0.05) is 36.3 Å². The van der Waals surface area contributed by atoms with Gasteiger partial charge >= 0.3 is 0 Å². The topological polar surface area (TPSA) is 64.7 Å². The third-order valence-electron chi connectivity index (χ3n) is 4.49. The van der Waals surface area contributed by atoms with Crippen LogP contribution in [0.25, 0.3) is 21.9 Å². The minimum atomic E-state index is 0.439. The summed E-state index contributed by atoms with van der Waals surface area (Å²) in [5, 5.41) is 2.35. The Kier molecular flexibility index (Phi) is 4.27. The summed E-state index contributed by atoms with van der Waals surface area (Å²) < 4.78 is 0. The summed E-state index contributed by atoms with van der Waals surface area (Å²) in [6.07, 6.45) is 1.57. The third kappa shape index (κ3) is 3.36. The van der Waals surface area contributed by atoms with Gasteiger partial charge in [0.1, 0.15) is 17.8 Å². The molecule has 4 aromatic rings. The Morgan fingerprint density at radius 3 is 2.33 bits per heavy atom. The molecule has 0 spiro atoms. The van der Waals surface area contributed by atoms with Crippen LogP contribution in [0.15, 0.2) is 60.9 Å². The molecular weight excluding hydrogens is 332 g/mol. The van der Waals surface area contributed by atoms with Crippen LogP contribution in [0.3, 0.4) is 0 Å². The minimum absolute atomic E-state index is 0.439. The number of benzene rings is 2. The standard InChI is InChI=1S/C23H18N4/c1-15-23(16(2)26-14-25-15)20-10-12-22(24)27-21(20)11-8-17-7-9-18-5-3-4-6-19(18)13-17/h3-7,9-10,12-14H,1-2H3,(H2,24,27). The van der Waals surface area contributed by atoms with E-state index in [1.807, 2.05) is 38.1 Å². The highest BCUT2D eigenvalue weighted by atomic mass is 14.9. The lowest BCUT2D eigenvalue weighted by molar-refractivity contribution is 1.06. The molecule has 0 atom stereocenters. The van der Waals surface area contributed by atoms with Crippen molar-refractivity contribution in [1.29, 1.82) is 0 Å². The molecular formula is C23H18N4. The number of nitrogen functional groups attached to an aromatic ring is 1. The Morgan fingerprint density at radius 1 is 0.815 bits per heavy atom. The minimum Gasteiger partial charge on any atom is -0.384 e. The van der Waals surface area contributed by atoms with Crippen LogP contribution in [-0.2, 0) is 0 Å². The first-order chi connectivity index (χ1) is 13.1. The number of hydrogen-bond donors (Lipinski definition) is 1. The lowest BCUT2D eigenvalue weighted by Crippen LogP contribution is -2.00. The molecule has 0 bridgehead atoms. The summed E-state index contributed by atoms with van der Waals surface area (Å²) in [6, 6.07) is 18.1. The number of aromatic nitrogens is 3. The fraction of sp³-hybridized carbons (Fsp3) is 0.0870. The summed E-state index contributed by atoms with van der Waals surface area (Å²) in [6.45, 7) is 3.92. The number of nitrogens with two attached hydrogens (primary N) is 1. The van der Waals surface area contributed by atoms with Crippen molar-refractivity contribution in [3.05, 3.63) is 83.6 Å². The number of anilines is 1. The normalized spacial score (nSPS) is 10.4. The van der Waals surface area contributed by atoms with Crippen molar-refractivity contribution in [3.63, 3.8) is 0 Å². The molecule has 4 heteroatoms. The van der Waals surface area contributed by atoms with Gasteiger partial charge in [-0.25, -0.2) is 15.0 Å². The quantitative estimate of drug-likeness (QED) is 0.520. The lowest BCUT2D eigenvalue weighted by Gasteiger charge is -2.10. The molecule has 2 heterocycles. The molecule has 4 nitrogen and oxygen atoms in total. The van der Waals surface area contributed by atoms with Crippen molar-refractivity contribution in [3.8, 4) is 23.0 Å². The molecule has 0 amide bonds. The van der Waals surface area contributed by atoms with E-state index in [1.165, 1.54) is 5.39 Å². The van der Waals surface area contributed by atoms with E-state index in [-0.39, 0.29) is 0 Å². The molecule has 0 radical (unpaired) electrons. The van der Waals surface area contributed by atoms with Crippen molar-refractivity contribution in [2.24, 2.45) is 0 Å². The molecule has 0 aliphatic heterocycles. The van der Waals surface area contributed by atoms with E-state index in [0.717, 1.165) is 33.5 Å². The molecule has 4 rings (SSSR count). The van der Waals surface area contributed by atoms with Crippen LogP contribution in [-0.4, -0.2) is 15.0 Å². The van der Waals surface area contributed by atoms with E-state index >= 15 is 0 Å². The monoisotopic (exact) mass is 350 g/mol. The van der Waals surface area contributed by atoms with E-state index in [2.05, 4.69) is 51.1 Å². The number of rotatable bonds is 1. The number of fused-ring (bicyclic) bond motifs is 1. The van der Waals surface area contributed by atoms with Crippen LogP contribution in [0.4, 0.5) is 5.82 Å². The maximum atomic E-state index is 5.91. The van der Waals surface area contributed by atoms with E-state index in [1.54, 1.807) is 12.4 Å². The SMILES string of the molecule is Cc1ncnc(C)c1-c1ccc(N)nc1C#Cc1ccc2ccccc2c1. The largest absolute Gasteiger partial charge is 0.384 e. The molecule has 0 saturated carbocycles. The Morgan fingerprint density at radius 2 is 1.56 bits per heavy atom. The van der Waals surface area contributed by atoms with Crippen LogP contribution in [0.1, 0.15) is 22.6 Å². The van der Waals surface area contributed by atoms with Gasteiger partial charge in [-0.15, -0.1) is 0 Å². The molecule has 27 heavy (non-hydrogen) atoms. The smallest absolute Gasteiger partial charge is 0.124 e. The second-order valence-electron chi connectivity index (χ2n) is 6.36. The van der Waals surface area contributed by atoms with Gasteiger partial charge in [0.2, 0.25) is 0 Å². The van der Waals surface area contributed by atoms with Gasteiger partial charge in [0.05, 0.1) is 0 Å². The maximum absolute atomic E-state index is 5.91. The predicted molar refractivity (Wildman–Crippen MR) is 109 cm³/mol. The van der Waals surface area contributed by atoms with Gasteiger partial charge in [-0.2, -0.15) is 0 Å². The number of pyridine rings is 1.